The molecule has 0 fully saturated rings. The number of hydrogen-bond donors (Lipinski definition) is 2. The summed E-state index contributed by atoms with van der Waals surface area (Å²) in [6.45, 7) is 2.90. The zero-order valence-corrected chi connectivity index (χ0v) is 12.9. The third kappa shape index (κ3) is 3.03. The minimum absolute atomic E-state index is 0.0255. The van der Waals surface area contributed by atoms with Crippen molar-refractivity contribution in [2.45, 2.75) is 13.0 Å². The molecule has 0 amide bonds. The van der Waals surface area contributed by atoms with Gasteiger partial charge in [-0.05, 0) is 34.6 Å². The number of pyridine rings is 1. The number of aromatic nitrogens is 1. The number of nitrogens with two attached hydrogens (primary N) is 1. The average molecular weight is 347 g/mol. The molecule has 0 aromatic carbocycles. The van der Waals surface area contributed by atoms with E-state index in [4.69, 9.17) is 17.3 Å². The van der Waals surface area contributed by atoms with Gasteiger partial charge in [0.05, 0.1) is 11.1 Å². The van der Waals surface area contributed by atoms with E-state index < -0.39 is 0 Å². The van der Waals surface area contributed by atoms with Gasteiger partial charge in [-0.25, -0.2) is 4.98 Å². The topological polar surface area (TPSA) is 50.9 Å². The van der Waals surface area contributed by atoms with Crippen LogP contribution in [0.2, 0.25) is 5.02 Å². The second kappa shape index (κ2) is 6.02. The van der Waals surface area contributed by atoms with Gasteiger partial charge in [0.25, 0.3) is 0 Å². The number of thiophene rings is 1. The molecular weight excluding hydrogens is 334 g/mol. The van der Waals surface area contributed by atoms with Crippen LogP contribution < -0.4 is 11.1 Å². The maximum atomic E-state index is 6.00. The lowest BCUT2D eigenvalue weighted by molar-refractivity contribution is 0.639. The molecule has 0 saturated heterocycles. The molecule has 96 valence electrons. The first-order valence-corrected chi connectivity index (χ1v) is 7.55. The van der Waals surface area contributed by atoms with E-state index in [0.29, 0.717) is 10.8 Å². The molecule has 0 radical (unpaired) electrons. The fourth-order valence-corrected chi connectivity index (χ4v) is 3.45. The Morgan fingerprint density at radius 3 is 2.94 bits per heavy atom. The van der Waals surface area contributed by atoms with Crippen LogP contribution in [0, 0.1) is 0 Å². The molecule has 2 heterocycles. The Labute approximate surface area is 124 Å². The van der Waals surface area contributed by atoms with Crippen LogP contribution in [0.15, 0.2) is 28.2 Å². The molecule has 2 aromatic rings. The summed E-state index contributed by atoms with van der Waals surface area (Å²) < 4.78 is 1.07. The van der Waals surface area contributed by atoms with Crippen molar-refractivity contribution in [1.82, 2.24) is 10.3 Å². The zero-order chi connectivity index (χ0) is 13.1. The van der Waals surface area contributed by atoms with Crippen molar-refractivity contribution in [3.05, 3.63) is 43.6 Å². The van der Waals surface area contributed by atoms with E-state index in [0.717, 1.165) is 16.6 Å². The van der Waals surface area contributed by atoms with Gasteiger partial charge in [0.2, 0.25) is 0 Å². The minimum Gasteiger partial charge on any atom is -0.383 e. The Morgan fingerprint density at radius 2 is 2.33 bits per heavy atom. The fourth-order valence-electron chi connectivity index (χ4n) is 1.74. The van der Waals surface area contributed by atoms with E-state index >= 15 is 0 Å². The molecule has 1 unspecified atom stereocenters. The highest BCUT2D eigenvalue weighted by molar-refractivity contribution is 9.10. The van der Waals surface area contributed by atoms with Crippen LogP contribution in [0.5, 0.6) is 0 Å². The van der Waals surface area contributed by atoms with E-state index in [1.54, 1.807) is 17.5 Å². The van der Waals surface area contributed by atoms with Gasteiger partial charge in [-0.2, -0.15) is 0 Å². The van der Waals surface area contributed by atoms with E-state index in [-0.39, 0.29) is 6.04 Å². The molecule has 0 bridgehead atoms. The third-order valence-electron chi connectivity index (χ3n) is 2.51. The monoisotopic (exact) mass is 345 g/mol. The number of nitrogens with one attached hydrogen (secondary N) is 1. The van der Waals surface area contributed by atoms with Gasteiger partial charge in [-0.1, -0.05) is 18.5 Å². The van der Waals surface area contributed by atoms with Crippen molar-refractivity contribution in [2.24, 2.45) is 0 Å². The van der Waals surface area contributed by atoms with Crippen LogP contribution in [-0.2, 0) is 0 Å². The highest BCUT2D eigenvalue weighted by atomic mass is 79.9. The molecule has 6 heteroatoms. The highest BCUT2D eigenvalue weighted by Gasteiger charge is 2.18. The smallest absolute Gasteiger partial charge is 0.128 e. The van der Waals surface area contributed by atoms with Crippen molar-refractivity contribution >= 4 is 44.7 Å². The van der Waals surface area contributed by atoms with Crippen LogP contribution in [0.25, 0.3) is 0 Å². The average Bonchev–Trinajstić information content (AvgIpc) is 2.76. The van der Waals surface area contributed by atoms with Gasteiger partial charge < -0.3 is 11.1 Å². The second-order valence-corrected chi connectivity index (χ2v) is 6.08. The van der Waals surface area contributed by atoms with Crippen LogP contribution in [0.4, 0.5) is 5.82 Å². The fraction of sp³-hybridized carbons (Fsp3) is 0.250. The van der Waals surface area contributed by atoms with Crippen molar-refractivity contribution in [3.63, 3.8) is 0 Å². The summed E-state index contributed by atoms with van der Waals surface area (Å²) in [4.78, 5) is 5.29. The molecule has 2 aromatic heterocycles. The predicted octanol–water partition coefficient (Wildman–Crippen LogP) is 3.84. The summed E-state index contributed by atoms with van der Waals surface area (Å²) in [5.41, 5.74) is 6.86. The Balaban J connectivity index is 2.44. The first-order chi connectivity index (χ1) is 8.61. The zero-order valence-electron chi connectivity index (χ0n) is 9.78. The van der Waals surface area contributed by atoms with Crippen molar-refractivity contribution in [3.8, 4) is 0 Å². The van der Waals surface area contributed by atoms with E-state index in [1.807, 2.05) is 11.4 Å². The lowest BCUT2D eigenvalue weighted by atomic mass is 10.1. The summed E-state index contributed by atoms with van der Waals surface area (Å²) in [6.07, 6.45) is 1.56. The second-order valence-electron chi connectivity index (χ2n) is 3.79. The largest absolute Gasteiger partial charge is 0.383 e. The number of halogens is 2. The number of anilines is 1. The molecule has 0 aliphatic rings. The predicted molar refractivity (Wildman–Crippen MR) is 81.2 cm³/mol. The van der Waals surface area contributed by atoms with Gasteiger partial charge >= 0.3 is 0 Å². The molecule has 18 heavy (non-hydrogen) atoms. The van der Waals surface area contributed by atoms with E-state index in [2.05, 4.69) is 39.2 Å². The van der Waals surface area contributed by atoms with Gasteiger partial charge in [0.1, 0.15) is 5.82 Å². The number of rotatable bonds is 4. The number of hydrogen-bond acceptors (Lipinski definition) is 4. The van der Waals surface area contributed by atoms with Crippen molar-refractivity contribution in [1.29, 1.82) is 0 Å². The maximum absolute atomic E-state index is 6.00. The van der Waals surface area contributed by atoms with E-state index in [9.17, 15) is 0 Å². The Hall–Kier alpha value is -0.620. The summed E-state index contributed by atoms with van der Waals surface area (Å²) in [7, 11) is 0. The van der Waals surface area contributed by atoms with E-state index in [1.165, 1.54) is 4.88 Å². The van der Waals surface area contributed by atoms with Gasteiger partial charge in [-0.15, -0.1) is 11.3 Å². The summed E-state index contributed by atoms with van der Waals surface area (Å²) in [5.74, 6) is 0.509. The van der Waals surface area contributed by atoms with Crippen molar-refractivity contribution < 1.29 is 0 Å². The Kier molecular flexibility index (Phi) is 4.61. The lowest BCUT2D eigenvalue weighted by Gasteiger charge is -2.18. The van der Waals surface area contributed by atoms with Crippen LogP contribution in [0.1, 0.15) is 23.4 Å². The number of nitrogen functional groups attached to an aromatic ring is 1. The molecule has 0 aliphatic carbocycles. The summed E-state index contributed by atoms with van der Waals surface area (Å²) in [5, 5.41) is 6.05. The highest BCUT2D eigenvalue weighted by Crippen LogP contribution is 2.33. The summed E-state index contributed by atoms with van der Waals surface area (Å²) >= 11 is 11.1. The van der Waals surface area contributed by atoms with Crippen LogP contribution in [-0.4, -0.2) is 11.5 Å². The third-order valence-corrected chi connectivity index (χ3v) is 4.47. The minimum atomic E-state index is 0.0255. The van der Waals surface area contributed by atoms with Gasteiger partial charge in [0.15, 0.2) is 0 Å². The molecule has 3 nitrogen and oxygen atoms in total. The molecule has 3 N–H and O–H groups in total. The Bertz CT molecular complexity index is 544. The van der Waals surface area contributed by atoms with Crippen molar-refractivity contribution in [2.75, 3.05) is 12.3 Å². The van der Waals surface area contributed by atoms with Crippen LogP contribution in [0.3, 0.4) is 0 Å². The standard InChI is InChI=1S/C12H13BrClN3S/c1-2-16-11(10-3-7(13)6-18-10)9-4-8(14)5-17-12(9)15/h3-6,11,16H,2H2,1H3,(H2,15,17). The molecule has 2 rings (SSSR count). The van der Waals surface area contributed by atoms with Gasteiger partial charge in [-0.3, -0.25) is 0 Å². The van der Waals surface area contributed by atoms with Crippen LogP contribution >= 0.6 is 38.9 Å². The summed E-state index contributed by atoms with van der Waals surface area (Å²) in [6, 6.07) is 3.97. The number of nitrogens with zero attached hydrogens (tertiary/aromatic N) is 1. The SMILES string of the molecule is CCNC(c1cc(Br)cs1)c1cc(Cl)cnc1N. The first-order valence-electron chi connectivity index (χ1n) is 5.50. The molecule has 0 saturated carbocycles. The maximum Gasteiger partial charge on any atom is 0.128 e. The Morgan fingerprint density at radius 1 is 1.56 bits per heavy atom. The molecule has 0 aliphatic heterocycles. The quantitative estimate of drug-likeness (QED) is 0.884. The molecule has 0 spiro atoms. The lowest BCUT2D eigenvalue weighted by Crippen LogP contribution is -2.22. The normalized spacial score (nSPS) is 12.6. The first kappa shape index (κ1) is 13.8. The molecular formula is C12H13BrClN3S. The van der Waals surface area contributed by atoms with Gasteiger partial charge in [0, 0.05) is 26.5 Å². The molecule has 1 atom stereocenters.